The molecule has 2 aromatic carbocycles. The van der Waals surface area contributed by atoms with E-state index in [9.17, 15) is 9.18 Å². The van der Waals surface area contributed by atoms with Gasteiger partial charge in [0.05, 0.1) is 5.52 Å². The number of pyridine rings is 1. The lowest BCUT2D eigenvalue weighted by Gasteiger charge is -2.27. The average molecular weight is 509 g/mol. The molecule has 0 atom stereocenters. The van der Waals surface area contributed by atoms with Crippen molar-refractivity contribution in [2.45, 2.75) is 19.5 Å². The zero-order valence-corrected chi connectivity index (χ0v) is 20.4. The number of aromatic nitrogens is 2. The van der Waals surface area contributed by atoms with Gasteiger partial charge < -0.3 is 5.32 Å². The number of hydrogen-bond donors (Lipinski definition) is 1. The van der Waals surface area contributed by atoms with Crippen LogP contribution in [-0.2, 0) is 19.5 Å². The van der Waals surface area contributed by atoms with Gasteiger partial charge in [-0.05, 0) is 59.2 Å². The van der Waals surface area contributed by atoms with Crippen LogP contribution in [0.4, 0.5) is 9.18 Å². The number of carbonyl (C=O) groups excluding carboxylic acids is 1. The van der Waals surface area contributed by atoms with Gasteiger partial charge in [-0.15, -0.1) is 0 Å². The molecule has 0 saturated heterocycles. The number of fused-ring (bicyclic) bond motifs is 3. The van der Waals surface area contributed by atoms with E-state index in [4.69, 9.17) is 23.2 Å². The molecule has 0 saturated carbocycles. The third kappa shape index (κ3) is 5.25. The Kier molecular flexibility index (Phi) is 6.86. The van der Waals surface area contributed by atoms with Gasteiger partial charge in [0, 0.05) is 59.9 Å². The molecule has 5 rings (SSSR count). The van der Waals surface area contributed by atoms with Crippen LogP contribution in [0.1, 0.15) is 22.4 Å². The van der Waals surface area contributed by atoms with E-state index in [-0.39, 0.29) is 12.6 Å². The molecule has 4 aromatic rings. The molecule has 0 aliphatic carbocycles. The number of nitrogens with zero attached hydrogens (tertiary/aromatic N) is 3. The highest BCUT2D eigenvalue weighted by atomic mass is 35.5. The first-order chi connectivity index (χ1) is 17.0. The summed E-state index contributed by atoms with van der Waals surface area (Å²) < 4.78 is 15.2. The fourth-order valence-corrected chi connectivity index (χ4v) is 4.79. The average Bonchev–Trinajstić information content (AvgIpc) is 3.17. The third-order valence-corrected chi connectivity index (χ3v) is 6.66. The Morgan fingerprint density at radius 1 is 1.09 bits per heavy atom. The molecule has 1 N–H and O–H groups in total. The minimum absolute atomic E-state index is 0.210. The zero-order valence-electron chi connectivity index (χ0n) is 18.8. The van der Waals surface area contributed by atoms with Crippen LogP contribution >= 0.6 is 23.2 Å². The van der Waals surface area contributed by atoms with Crippen molar-refractivity contribution < 1.29 is 9.18 Å². The van der Waals surface area contributed by atoms with Gasteiger partial charge in [0.15, 0.2) is 0 Å². The smallest absolute Gasteiger partial charge is 0.326 e. The first kappa shape index (κ1) is 23.5. The van der Waals surface area contributed by atoms with Gasteiger partial charge in [0.2, 0.25) is 5.95 Å². The molecule has 1 aliphatic rings. The first-order valence-corrected chi connectivity index (χ1v) is 12.1. The number of carbonyl (C=O) groups is 1. The molecule has 1 aliphatic heterocycles. The maximum atomic E-state index is 13.4. The number of benzene rings is 2. The van der Waals surface area contributed by atoms with E-state index in [1.165, 1.54) is 12.3 Å². The lowest BCUT2D eigenvalue weighted by molar-refractivity contribution is 0.240. The molecule has 0 unspecified atom stereocenters. The Morgan fingerprint density at radius 2 is 1.89 bits per heavy atom. The maximum Gasteiger partial charge on any atom is 0.326 e. The normalized spacial score (nSPS) is 13.9. The fourth-order valence-electron chi connectivity index (χ4n) is 4.50. The van der Waals surface area contributed by atoms with Crippen molar-refractivity contribution >= 4 is 46.2 Å². The standard InChI is InChI=1S/C27H23Cl2FN4O/c28-20-5-3-18(4-6-20)2-1-12-33-13-10-25-23(17-33)22-15-21(29)7-8-24(22)34(25)27(35)32-16-19-9-11-31-26(30)14-19/h1-9,11,14-15H,10,12-13,16-17H2,(H,32,35)/b2-1+. The van der Waals surface area contributed by atoms with Crippen molar-refractivity contribution in [3.05, 3.63) is 105 Å². The predicted octanol–water partition coefficient (Wildman–Crippen LogP) is 6.31. The van der Waals surface area contributed by atoms with Crippen LogP contribution in [-0.4, -0.2) is 33.6 Å². The molecule has 178 valence electrons. The highest BCUT2D eigenvalue weighted by Crippen LogP contribution is 2.32. The summed E-state index contributed by atoms with van der Waals surface area (Å²) in [5.41, 5.74) is 4.66. The summed E-state index contributed by atoms with van der Waals surface area (Å²) in [6.07, 6.45) is 6.35. The third-order valence-electron chi connectivity index (χ3n) is 6.17. The molecule has 0 radical (unpaired) electrons. The first-order valence-electron chi connectivity index (χ1n) is 11.3. The second kappa shape index (κ2) is 10.2. The SMILES string of the molecule is O=C(NCc1ccnc(F)c1)n1c2c(c3cc(Cl)ccc31)CN(C/C=C/c1ccc(Cl)cc1)CC2. The summed E-state index contributed by atoms with van der Waals surface area (Å²) in [7, 11) is 0. The largest absolute Gasteiger partial charge is 0.333 e. The molecule has 0 fully saturated rings. The molecular weight excluding hydrogens is 486 g/mol. The van der Waals surface area contributed by atoms with E-state index in [1.54, 1.807) is 16.7 Å². The molecular formula is C27H23Cl2FN4O. The summed E-state index contributed by atoms with van der Waals surface area (Å²) in [5.74, 6) is -0.569. The van der Waals surface area contributed by atoms with Crippen LogP contribution in [0.5, 0.6) is 0 Å². The van der Waals surface area contributed by atoms with Crippen molar-refractivity contribution in [3.8, 4) is 0 Å². The number of hydrogen-bond acceptors (Lipinski definition) is 3. The maximum absolute atomic E-state index is 13.4. The molecule has 0 spiro atoms. The Balaban J connectivity index is 1.37. The van der Waals surface area contributed by atoms with Crippen molar-refractivity contribution in [3.63, 3.8) is 0 Å². The van der Waals surface area contributed by atoms with Crippen LogP contribution in [0.25, 0.3) is 17.0 Å². The summed E-state index contributed by atoms with van der Waals surface area (Å²) in [6.45, 7) is 2.54. The van der Waals surface area contributed by atoms with E-state index in [1.807, 2.05) is 36.4 Å². The monoisotopic (exact) mass is 508 g/mol. The molecule has 3 heterocycles. The van der Waals surface area contributed by atoms with Gasteiger partial charge in [0.25, 0.3) is 0 Å². The molecule has 2 aromatic heterocycles. The Labute approximate surface area is 212 Å². The number of rotatable bonds is 5. The molecule has 35 heavy (non-hydrogen) atoms. The van der Waals surface area contributed by atoms with Crippen LogP contribution in [0.2, 0.25) is 10.0 Å². The predicted molar refractivity (Wildman–Crippen MR) is 138 cm³/mol. The van der Waals surface area contributed by atoms with Crippen molar-refractivity contribution in [1.82, 2.24) is 19.8 Å². The fraction of sp³-hybridized carbons (Fsp3) is 0.185. The number of amides is 1. The summed E-state index contributed by atoms with van der Waals surface area (Å²) in [5, 5.41) is 5.24. The Hall–Kier alpha value is -3.19. The molecule has 5 nitrogen and oxygen atoms in total. The van der Waals surface area contributed by atoms with Crippen LogP contribution in [0.3, 0.4) is 0 Å². The van der Waals surface area contributed by atoms with E-state index >= 15 is 0 Å². The van der Waals surface area contributed by atoms with Gasteiger partial charge in [-0.3, -0.25) is 9.47 Å². The second-order valence-corrected chi connectivity index (χ2v) is 9.38. The highest BCUT2D eigenvalue weighted by Gasteiger charge is 2.26. The van der Waals surface area contributed by atoms with Gasteiger partial charge in [0.1, 0.15) is 0 Å². The quantitative estimate of drug-likeness (QED) is 0.321. The summed E-state index contributed by atoms with van der Waals surface area (Å²) >= 11 is 12.3. The minimum Gasteiger partial charge on any atom is -0.333 e. The van der Waals surface area contributed by atoms with Gasteiger partial charge in [-0.2, -0.15) is 4.39 Å². The van der Waals surface area contributed by atoms with Gasteiger partial charge >= 0.3 is 6.03 Å². The molecule has 8 heteroatoms. The summed E-state index contributed by atoms with van der Waals surface area (Å²) in [6, 6.07) is 16.1. The Bertz CT molecular complexity index is 1410. The zero-order chi connectivity index (χ0) is 24.4. The van der Waals surface area contributed by atoms with Crippen molar-refractivity contribution in [2.24, 2.45) is 0 Å². The van der Waals surface area contributed by atoms with Crippen molar-refractivity contribution in [1.29, 1.82) is 0 Å². The lowest BCUT2D eigenvalue weighted by atomic mass is 10.0. The van der Waals surface area contributed by atoms with E-state index in [0.717, 1.165) is 52.3 Å². The van der Waals surface area contributed by atoms with Crippen molar-refractivity contribution in [2.75, 3.05) is 13.1 Å². The Morgan fingerprint density at radius 3 is 2.69 bits per heavy atom. The van der Waals surface area contributed by atoms with Crippen LogP contribution in [0, 0.1) is 5.95 Å². The van der Waals surface area contributed by atoms with Gasteiger partial charge in [-0.1, -0.05) is 47.5 Å². The highest BCUT2D eigenvalue weighted by molar-refractivity contribution is 6.31. The van der Waals surface area contributed by atoms with E-state index in [2.05, 4.69) is 27.4 Å². The molecule has 0 bridgehead atoms. The van der Waals surface area contributed by atoms with E-state index in [0.29, 0.717) is 17.1 Å². The minimum atomic E-state index is -0.569. The number of nitrogens with one attached hydrogen (secondary N) is 1. The van der Waals surface area contributed by atoms with E-state index < -0.39 is 5.95 Å². The second-order valence-electron chi connectivity index (χ2n) is 8.51. The van der Waals surface area contributed by atoms with Crippen LogP contribution < -0.4 is 5.32 Å². The van der Waals surface area contributed by atoms with Gasteiger partial charge in [-0.25, -0.2) is 9.78 Å². The lowest BCUT2D eigenvalue weighted by Crippen LogP contribution is -2.34. The van der Waals surface area contributed by atoms with Crippen LogP contribution in [0.15, 0.2) is 66.9 Å². The molecule has 1 amide bonds. The topological polar surface area (TPSA) is 50.2 Å². The summed E-state index contributed by atoms with van der Waals surface area (Å²) in [4.78, 5) is 19.1. The number of halogens is 3.